The number of hydrogen-bond acceptors (Lipinski definition) is 4. The van der Waals surface area contributed by atoms with Crippen LogP contribution in [0.4, 0.5) is 0 Å². The van der Waals surface area contributed by atoms with Crippen molar-refractivity contribution in [3.05, 3.63) is 24.3 Å². The van der Waals surface area contributed by atoms with Gasteiger partial charge in [0.2, 0.25) is 0 Å². The molecule has 1 unspecified atom stereocenters. The van der Waals surface area contributed by atoms with Gasteiger partial charge in [0.05, 0.1) is 6.54 Å². The number of rotatable bonds is 2. The van der Waals surface area contributed by atoms with Gasteiger partial charge in [0.25, 0.3) is 0 Å². The fourth-order valence-electron chi connectivity index (χ4n) is 2.38. The van der Waals surface area contributed by atoms with Crippen molar-refractivity contribution in [3.8, 4) is 0 Å². The van der Waals surface area contributed by atoms with Crippen molar-refractivity contribution in [1.82, 2.24) is 20.2 Å². The van der Waals surface area contributed by atoms with Gasteiger partial charge in [-0.25, -0.2) is 9.97 Å². The van der Waals surface area contributed by atoms with E-state index in [-0.39, 0.29) is 5.41 Å². The van der Waals surface area contributed by atoms with E-state index in [4.69, 9.17) is 0 Å². The summed E-state index contributed by atoms with van der Waals surface area (Å²) in [6, 6.07) is 2.41. The topological polar surface area (TPSA) is 41.0 Å². The van der Waals surface area contributed by atoms with Gasteiger partial charge < -0.3 is 5.32 Å². The fraction of sp³-hybridized carbons (Fsp3) is 0.692. The number of hydrogen-bond donors (Lipinski definition) is 1. The average Bonchev–Trinajstić information content (AvgIpc) is 2.30. The maximum Gasteiger partial charge on any atom is 0.142 e. The largest absolute Gasteiger partial charge is 0.314 e. The molecule has 0 aromatic carbocycles. The van der Waals surface area contributed by atoms with E-state index in [9.17, 15) is 0 Å². The Morgan fingerprint density at radius 3 is 2.71 bits per heavy atom. The lowest BCUT2D eigenvalue weighted by Crippen LogP contribution is -2.56. The van der Waals surface area contributed by atoms with E-state index < -0.39 is 0 Å². The highest BCUT2D eigenvalue weighted by Gasteiger charge is 2.32. The normalized spacial score (nSPS) is 22.6. The minimum Gasteiger partial charge on any atom is -0.314 e. The number of piperazine rings is 1. The third-order valence-corrected chi connectivity index (χ3v) is 3.32. The summed E-state index contributed by atoms with van der Waals surface area (Å²) in [7, 11) is 0. The first-order valence-electron chi connectivity index (χ1n) is 6.28. The second kappa shape index (κ2) is 5.10. The third-order valence-electron chi connectivity index (χ3n) is 3.32. The lowest BCUT2D eigenvalue weighted by Gasteiger charge is -2.43. The molecule has 0 aliphatic carbocycles. The van der Waals surface area contributed by atoms with E-state index in [0.717, 1.165) is 32.0 Å². The van der Waals surface area contributed by atoms with E-state index in [1.165, 1.54) is 0 Å². The summed E-state index contributed by atoms with van der Waals surface area (Å²) in [6.07, 6.45) is 3.63. The van der Waals surface area contributed by atoms with Gasteiger partial charge >= 0.3 is 0 Å². The molecule has 0 spiro atoms. The maximum absolute atomic E-state index is 4.32. The SMILES string of the molecule is CC(C)(C)C1CNCCN1Cc1ncccn1. The monoisotopic (exact) mass is 234 g/mol. The Balaban J connectivity index is 2.07. The highest BCUT2D eigenvalue weighted by atomic mass is 15.2. The summed E-state index contributed by atoms with van der Waals surface area (Å²) < 4.78 is 0. The Kier molecular flexibility index (Phi) is 3.74. The van der Waals surface area contributed by atoms with Crippen LogP contribution in [-0.2, 0) is 6.54 Å². The van der Waals surface area contributed by atoms with Gasteiger partial charge in [-0.3, -0.25) is 4.90 Å². The van der Waals surface area contributed by atoms with Crippen LogP contribution in [0.15, 0.2) is 18.5 Å². The number of nitrogens with zero attached hydrogens (tertiary/aromatic N) is 3. The molecule has 2 rings (SSSR count). The Labute approximate surface area is 103 Å². The first kappa shape index (κ1) is 12.5. The van der Waals surface area contributed by atoms with Crippen molar-refractivity contribution >= 4 is 0 Å². The van der Waals surface area contributed by atoms with Crippen LogP contribution in [-0.4, -0.2) is 40.5 Å². The molecule has 1 saturated heterocycles. The summed E-state index contributed by atoms with van der Waals surface area (Å²) >= 11 is 0. The van der Waals surface area contributed by atoms with E-state index in [2.05, 4.69) is 41.0 Å². The Morgan fingerprint density at radius 1 is 1.35 bits per heavy atom. The molecule has 1 fully saturated rings. The zero-order valence-electron chi connectivity index (χ0n) is 11.0. The standard InChI is InChI=1S/C13H22N4/c1-13(2,3)11-9-14-7-8-17(11)10-12-15-5-4-6-16-12/h4-6,11,14H,7-10H2,1-3H3. The van der Waals surface area contributed by atoms with Gasteiger partial charge in [0.15, 0.2) is 0 Å². The van der Waals surface area contributed by atoms with Crippen molar-refractivity contribution in [2.24, 2.45) is 5.41 Å². The molecule has 1 atom stereocenters. The molecule has 2 heterocycles. The second-order valence-corrected chi connectivity index (χ2v) is 5.72. The summed E-state index contributed by atoms with van der Waals surface area (Å²) in [4.78, 5) is 11.1. The molecular weight excluding hydrogens is 212 g/mol. The quantitative estimate of drug-likeness (QED) is 0.837. The zero-order valence-corrected chi connectivity index (χ0v) is 11.0. The first-order chi connectivity index (χ1) is 8.07. The van der Waals surface area contributed by atoms with Crippen LogP contribution >= 0.6 is 0 Å². The molecule has 0 bridgehead atoms. The minimum atomic E-state index is 0.280. The van der Waals surface area contributed by atoms with Crippen LogP contribution in [0.5, 0.6) is 0 Å². The predicted molar refractivity (Wildman–Crippen MR) is 68.6 cm³/mol. The van der Waals surface area contributed by atoms with E-state index >= 15 is 0 Å². The van der Waals surface area contributed by atoms with Gasteiger partial charge in [-0.2, -0.15) is 0 Å². The third kappa shape index (κ3) is 3.23. The molecule has 0 radical (unpaired) electrons. The molecule has 1 aromatic rings. The minimum absolute atomic E-state index is 0.280. The molecular formula is C13H22N4. The molecule has 1 aromatic heterocycles. The van der Waals surface area contributed by atoms with Crippen molar-refractivity contribution in [3.63, 3.8) is 0 Å². The van der Waals surface area contributed by atoms with Crippen molar-refractivity contribution in [2.45, 2.75) is 33.4 Å². The average molecular weight is 234 g/mol. The predicted octanol–water partition coefficient (Wildman–Crippen LogP) is 1.30. The molecule has 0 amide bonds. The highest BCUT2D eigenvalue weighted by Crippen LogP contribution is 2.26. The Hall–Kier alpha value is -1.00. The molecule has 1 N–H and O–H groups in total. The van der Waals surface area contributed by atoms with Crippen molar-refractivity contribution in [2.75, 3.05) is 19.6 Å². The molecule has 4 heteroatoms. The van der Waals surface area contributed by atoms with Gasteiger partial charge in [-0.15, -0.1) is 0 Å². The number of aromatic nitrogens is 2. The zero-order chi connectivity index (χ0) is 12.3. The molecule has 17 heavy (non-hydrogen) atoms. The summed E-state index contributed by atoms with van der Waals surface area (Å²) in [5.41, 5.74) is 0.280. The van der Waals surface area contributed by atoms with Crippen LogP contribution in [0.25, 0.3) is 0 Å². The van der Waals surface area contributed by atoms with E-state index in [1.807, 2.05) is 18.5 Å². The fourth-order valence-corrected chi connectivity index (χ4v) is 2.38. The molecule has 1 aliphatic heterocycles. The maximum atomic E-state index is 4.32. The van der Waals surface area contributed by atoms with Crippen molar-refractivity contribution < 1.29 is 0 Å². The van der Waals surface area contributed by atoms with Crippen LogP contribution < -0.4 is 5.32 Å². The molecule has 1 aliphatic rings. The van der Waals surface area contributed by atoms with E-state index in [1.54, 1.807) is 0 Å². The second-order valence-electron chi connectivity index (χ2n) is 5.72. The molecule has 4 nitrogen and oxygen atoms in total. The van der Waals surface area contributed by atoms with Gasteiger partial charge in [-0.1, -0.05) is 20.8 Å². The lowest BCUT2D eigenvalue weighted by atomic mass is 9.84. The first-order valence-corrected chi connectivity index (χ1v) is 6.28. The van der Waals surface area contributed by atoms with Gasteiger partial charge in [0.1, 0.15) is 5.82 Å². The lowest BCUT2D eigenvalue weighted by molar-refractivity contribution is 0.0667. The molecule has 94 valence electrons. The Bertz CT molecular complexity index is 344. The number of nitrogens with one attached hydrogen (secondary N) is 1. The van der Waals surface area contributed by atoms with Crippen LogP contribution in [0, 0.1) is 5.41 Å². The van der Waals surface area contributed by atoms with E-state index in [0.29, 0.717) is 6.04 Å². The van der Waals surface area contributed by atoms with Gasteiger partial charge in [-0.05, 0) is 11.5 Å². The van der Waals surface area contributed by atoms with Crippen molar-refractivity contribution in [1.29, 1.82) is 0 Å². The Morgan fingerprint density at radius 2 is 2.06 bits per heavy atom. The summed E-state index contributed by atoms with van der Waals surface area (Å²) in [5, 5.41) is 3.47. The summed E-state index contributed by atoms with van der Waals surface area (Å²) in [6.45, 7) is 10.9. The smallest absolute Gasteiger partial charge is 0.142 e. The van der Waals surface area contributed by atoms with Crippen LogP contribution in [0.2, 0.25) is 0 Å². The van der Waals surface area contributed by atoms with Crippen LogP contribution in [0.3, 0.4) is 0 Å². The van der Waals surface area contributed by atoms with Crippen LogP contribution in [0.1, 0.15) is 26.6 Å². The summed E-state index contributed by atoms with van der Waals surface area (Å²) in [5.74, 6) is 0.920. The van der Waals surface area contributed by atoms with Gasteiger partial charge in [0, 0.05) is 38.1 Å². The molecule has 0 saturated carbocycles. The highest BCUT2D eigenvalue weighted by molar-refractivity contribution is 4.94.